The molecule has 0 fully saturated rings. The summed E-state index contributed by atoms with van der Waals surface area (Å²) in [4.78, 5) is 11.5. The summed E-state index contributed by atoms with van der Waals surface area (Å²) >= 11 is 0. The zero-order chi connectivity index (χ0) is 13.5. The van der Waals surface area contributed by atoms with Crippen LogP contribution in [0.2, 0.25) is 0 Å². The van der Waals surface area contributed by atoms with E-state index in [1.54, 1.807) is 0 Å². The molecule has 1 N–H and O–H groups in total. The SMILES string of the molecule is CCCN(CC)c1cc(NCC)nc(C(C)C)n1. The normalized spacial score (nSPS) is 10.8. The molecule has 0 atom stereocenters. The molecule has 0 amide bonds. The van der Waals surface area contributed by atoms with Gasteiger partial charge in [-0.2, -0.15) is 0 Å². The summed E-state index contributed by atoms with van der Waals surface area (Å²) in [5, 5.41) is 3.29. The zero-order valence-corrected chi connectivity index (χ0v) is 12.3. The summed E-state index contributed by atoms with van der Waals surface area (Å²) in [6.07, 6.45) is 1.13. The molecule has 102 valence electrons. The Kier molecular flexibility index (Phi) is 5.89. The lowest BCUT2D eigenvalue weighted by Gasteiger charge is -2.22. The van der Waals surface area contributed by atoms with Crippen LogP contribution in [0.4, 0.5) is 11.6 Å². The summed E-state index contributed by atoms with van der Waals surface area (Å²) in [6.45, 7) is 13.6. The number of hydrogen-bond acceptors (Lipinski definition) is 4. The predicted molar refractivity (Wildman–Crippen MR) is 78.5 cm³/mol. The van der Waals surface area contributed by atoms with E-state index >= 15 is 0 Å². The van der Waals surface area contributed by atoms with E-state index < -0.39 is 0 Å². The first-order valence-electron chi connectivity index (χ1n) is 7.00. The quantitative estimate of drug-likeness (QED) is 0.806. The van der Waals surface area contributed by atoms with E-state index in [0.29, 0.717) is 5.92 Å². The average molecular weight is 250 g/mol. The lowest BCUT2D eigenvalue weighted by Crippen LogP contribution is -2.25. The second-order valence-corrected chi connectivity index (χ2v) is 4.73. The molecule has 18 heavy (non-hydrogen) atoms. The summed E-state index contributed by atoms with van der Waals surface area (Å²) in [5.74, 6) is 3.23. The Morgan fingerprint density at radius 3 is 2.44 bits per heavy atom. The molecule has 4 heteroatoms. The van der Waals surface area contributed by atoms with Crippen molar-refractivity contribution in [1.29, 1.82) is 0 Å². The minimum absolute atomic E-state index is 0.350. The summed E-state index contributed by atoms with van der Waals surface area (Å²) in [5.41, 5.74) is 0. The van der Waals surface area contributed by atoms with Crippen LogP contribution in [0.1, 0.15) is 52.8 Å². The molecular weight excluding hydrogens is 224 g/mol. The number of nitrogens with one attached hydrogen (secondary N) is 1. The third-order valence-corrected chi connectivity index (χ3v) is 2.80. The zero-order valence-electron chi connectivity index (χ0n) is 12.3. The van der Waals surface area contributed by atoms with Gasteiger partial charge in [0.2, 0.25) is 0 Å². The molecule has 1 aromatic rings. The van der Waals surface area contributed by atoms with E-state index in [2.05, 4.69) is 60.9 Å². The Labute approximate surface area is 111 Å². The molecule has 0 bridgehead atoms. The van der Waals surface area contributed by atoms with Gasteiger partial charge in [-0.25, -0.2) is 9.97 Å². The van der Waals surface area contributed by atoms with Crippen LogP contribution in [-0.2, 0) is 0 Å². The van der Waals surface area contributed by atoms with E-state index in [-0.39, 0.29) is 0 Å². The highest BCUT2D eigenvalue weighted by Crippen LogP contribution is 2.20. The van der Waals surface area contributed by atoms with E-state index in [1.807, 2.05) is 0 Å². The van der Waals surface area contributed by atoms with Crippen LogP contribution in [0.3, 0.4) is 0 Å². The maximum absolute atomic E-state index is 4.68. The van der Waals surface area contributed by atoms with Gasteiger partial charge in [-0.3, -0.25) is 0 Å². The van der Waals surface area contributed by atoms with Crippen molar-refractivity contribution in [3.63, 3.8) is 0 Å². The number of anilines is 2. The van der Waals surface area contributed by atoms with Gasteiger partial charge in [0.1, 0.15) is 17.5 Å². The van der Waals surface area contributed by atoms with Crippen molar-refractivity contribution in [2.24, 2.45) is 0 Å². The van der Waals surface area contributed by atoms with Crippen LogP contribution < -0.4 is 10.2 Å². The highest BCUT2D eigenvalue weighted by atomic mass is 15.2. The van der Waals surface area contributed by atoms with Gasteiger partial charge >= 0.3 is 0 Å². The van der Waals surface area contributed by atoms with Crippen LogP contribution in [-0.4, -0.2) is 29.6 Å². The van der Waals surface area contributed by atoms with Crippen molar-refractivity contribution in [1.82, 2.24) is 9.97 Å². The first-order chi connectivity index (χ1) is 8.62. The van der Waals surface area contributed by atoms with Gasteiger partial charge in [0.05, 0.1) is 0 Å². The third kappa shape index (κ3) is 3.86. The maximum atomic E-state index is 4.68. The molecule has 0 unspecified atom stereocenters. The van der Waals surface area contributed by atoms with Crippen molar-refractivity contribution in [3.8, 4) is 0 Å². The predicted octanol–water partition coefficient (Wildman–Crippen LogP) is 3.27. The fourth-order valence-electron chi connectivity index (χ4n) is 1.85. The molecular formula is C14H26N4. The molecule has 0 saturated carbocycles. The molecule has 0 aliphatic carbocycles. The van der Waals surface area contributed by atoms with Crippen LogP contribution in [0, 0.1) is 0 Å². The van der Waals surface area contributed by atoms with Crippen molar-refractivity contribution < 1.29 is 0 Å². The molecule has 0 saturated heterocycles. The molecule has 1 aromatic heterocycles. The summed E-state index contributed by atoms with van der Waals surface area (Å²) in [7, 11) is 0. The van der Waals surface area contributed by atoms with Crippen LogP contribution in [0.15, 0.2) is 6.07 Å². The summed E-state index contributed by atoms with van der Waals surface area (Å²) < 4.78 is 0. The molecule has 1 rings (SSSR count). The third-order valence-electron chi connectivity index (χ3n) is 2.80. The Morgan fingerprint density at radius 1 is 1.22 bits per heavy atom. The molecule has 0 radical (unpaired) electrons. The van der Waals surface area contributed by atoms with Crippen molar-refractivity contribution >= 4 is 11.6 Å². The minimum atomic E-state index is 0.350. The molecule has 1 heterocycles. The van der Waals surface area contributed by atoms with Gasteiger partial charge in [-0.1, -0.05) is 20.8 Å². The highest BCUT2D eigenvalue weighted by molar-refractivity contribution is 5.49. The Morgan fingerprint density at radius 2 is 1.94 bits per heavy atom. The largest absolute Gasteiger partial charge is 0.370 e. The average Bonchev–Trinajstić information content (AvgIpc) is 2.35. The Balaban J connectivity index is 3.08. The minimum Gasteiger partial charge on any atom is -0.370 e. The van der Waals surface area contributed by atoms with Gasteiger partial charge in [-0.15, -0.1) is 0 Å². The second kappa shape index (κ2) is 7.19. The monoisotopic (exact) mass is 250 g/mol. The molecule has 0 spiro atoms. The van der Waals surface area contributed by atoms with Crippen LogP contribution >= 0.6 is 0 Å². The fraction of sp³-hybridized carbons (Fsp3) is 0.714. The van der Waals surface area contributed by atoms with E-state index in [4.69, 9.17) is 0 Å². The standard InChI is InChI=1S/C14H26N4/c1-6-9-18(8-3)13-10-12(15-7-2)16-14(17-13)11(4)5/h10-11H,6-9H2,1-5H3,(H,15,16,17). The second-order valence-electron chi connectivity index (χ2n) is 4.73. The van der Waals surface area contributed by atoms with Gasteiger partial charge in [0.25, 0.3) is 0 Å². The topological polar surface area (TPSA) is 41.0 Å². The Hall–Kier alpha value is -1.32. The lowest BCUT2D eigenvalue weighted by atomic mass is 10.2. The highest BCUT2D eigenvalue weighted by Gasteiger charge is 2.11. The first kappa shape index (κ1) is 14.7. The van der Waals surface area contributed by atoms with Crippen molar-refractivity contribution in [2.75, 3.05) is 29.9 Å². The molecule has 0 aliphatic rings. The van der Waals surface area contributed by atoms with Gasteiger partial charge in [-0.05, 0) is 20.3 Å². The van der Waals surface area contributed by atoms with E-state index in [1.165, 1.54) is 0 Å². The van der Waals surface area contributed by atoms with Gasteiger partial charge in [0, 0.05) is 31.6 Å². The smallest absolute Gasteiger partial charge is 0.135 e. The fourth-order valence-corrected chi connectivity index (χ4v) is 1.85. The number of nitrogens with zero attached hydrogens (tertiary/aromatic N) is 3. The van der Waals surface area contributed by atoms with Gasteiger partial charge in [0.15, 0.2) is 0 Å². The van der Waals surface area contributed by atoms with Gasteiger partial charge < -0.3 is 10.2 Å². The molecule has 0 aliphatic heterocycles. The summed E-state index contributed by atoms with van der Waals surface area (Å²) in [6, 6.07) is 2.05. The maximum Gasteiger partial charge on any atom is 0.135 e. The van der Waals surface area contributed by atoms with E-state index in [9.17, 15) is 0 Å². The molecule has 0 aromatic carbocycles. The van der Waals surface area contributed by atoms with Crippen molar-refractivity contribution in [2.45, 2.75) is 47.0 Å². The molecule has 4 nitrogen and oxygen atoms in total. The van der Waals surface area contributed by atoms with E-state index in [0.717, 1.165) is 43.5 Å². The number of rotatable bonds is 7. The van der Waals surface area contributed by atoms with Crippen LogP contribution in [0.25, 0.3) is 0 Å². The lowest BCUT2D eigenvalue weighted by molar-refractivity contribution is 0.739. The number of aromatic nitrogens is 2. The Bertz CT molecular complexity index is 363. The first-order valence-corrected chi connectivity index (χ1v) is 7.00. The number of hydrogen-bond donors (Lipinski definition) is 1. The van der Waals surface area contributed by atoms with Crippen molar-refractivity contribution in [3.05, 3.63) is 11.9 Å². The van der Waals surface area contributed by atoms with Crippen LogP contribution in [0.5, 0.6) is 0 Å².